The van der Waals surface area contributed by atoms with Gasteiger partial charge in [0.1, 0.15) is 17.5 Å². The minimum atomic E-state index is -0.227. The van der Waals surface area contributed by atoms with E-state index in [0.717, 1.165) is 42.9 Å². The number of carbonyl (C=O) groups excluding carboxylic acids is 1. The SMILES string of the molecule is COc1ccc(C2CCCN2C(=O)C2CC(c3ccccc3)NN2)c(OC)c1. The van der Waals surface area contributed by atoms with E-state index in [1.807, 2.05) is 41.3 Å². The molecule has 0 spiro atoms. The average Bonchev–Trinajstić information content (AvgIpc) is 3.43. The summed E-state index contributed by atoms with van der Waals surface area (Å²) in [5.74, 6) is 1.67. The molecule has 6 nitrogen and oxygen atoms in total. The molecule has 0 saturated carbocycles. The summed E-state index contributed by atoms with van der Waals surface area (Å²) < 4.78 is 10.9. The monoisotopic (exact) mass is 381 g/mol. The summed E-state index contributed by atoms with van der Waals surface area (Å²) in [5.41, 5.74) is 8.73. The summed E-state index contributed by atoms with van der Waals surface area (Å²) >= 11 is 0. The van der Waals surface area contributed by atoms with Gasteiger partial charge < -0.3 is 14.4 Å². The Hall–Kier alpha value is -2.57. The van der Waals surface area contributed by atoms with Gasteiger partial charge in [0.2, 0.25) is 5.91 Å². The van der Waals surface area contributed by atoms with Crippen molar-refractivity contribution in [2.75, 3.05) is 20.8 Å². The van der Waals surface area contributed by atoms with E-state index in [0.29, 0.717) is 0 Å². The smallest absolute Gasteiger partial charge is 0.241 e. The maximum absolute atomic E-state index is 13.3. The van der Waals surface area contributed by atoms with E-state index >= 15 is 0 Å². The molecule has 2 saturated heterocycles. The molecule has 28 heavy (non-hydrogen) atoms. The van der Waals surface area contributed by atoms with E-state index in [2.05, 4.69) is 23.0 Å². The minimum absolute atomic E-state index is 0.0333. The van der Waals surface area contributed by atoms with E-state index in [9.17, 15) is 4.79 Å². The van der Waals surface area contributed by atoms with Gasteiger partial charge in [0.05, 0.1) is 20.3 Å². The molecule has 0 bridgehead atoms. The van der Waals surface area contributed by atoms with Crippen LogP contribution in [0.25, 0.3) is 0 Å². The predicted octanol–water partition coefficient (Wildman–Crippen LogP) is 2.98. The van der Waals surface area contributed by atoms with Gasteiger partial charge in [-0.25, -0.2) is 10.9 Å². The van der Waals surface area contributed by atoms with Crippen molar-refractivity contribution >= 4 is 5.91 Å². The lowest BCUT2D eigenvalue weighted by Crippen LogP contribution is -2.45. The predicted molar refractivity (Wildman–Crippen MR) is 107 cm³/mol. The highest BCUT2D eigenvalue weighted by molar-refractivity contribution is 5.83. The summed E-state index contributed by atoms with van der Waals surface area (Å²) in [7, 11) is 3.30. The Morgan fingerprint density at radius 3 is 2.64 bits per heavy atom. The third kappa shape index (κ3) is 3.57. The Kier molecular flexibility index (Phi) is 5.50. The van der Waals surface area contributed by atoms with Crippen LogP contribution in [0.3, 0.4) is 0 Å². The lowest BCUT2D eigenvalue weighted by molar-refractivity contribution is -0.134. The van der Waals surface area contributed by atoms with Crippen molar-refractivity contribution in [3.63, 3.8) is 0 Å². The zero-order valence-electron chi connectivity index (χ0n) is 16.4. The summed E-state index contributed by atoms with van der Waals surface area (Å²) in [4.78, 5) is 15.3. The first kappa shape index (κ1) is 18.8. The van der Waals surface area contributed by atoms with Crippen LogP contribution in [-0.4, -0.2) is 37.6 Å². The van der Waals surface area contributed by atoms with Gasteiger partial charge in [-0.05, 0) is 37.0 Å². The Balaban J connectivity index is 1.50. The van der Waals surface area contributed by atoms with Gasteiger partial charge in [0.15, 0.2) is 0 Å². The third-order valence-electron chi connectivity index (χ3n) is 5.74. The molecule has 1 amide bonds. The molecule has 2 aliphatic heterocycles. The molecule has 2 aliphatic rings. The quantitative estimate of drug-likeness (QED) is 0.834. The number of ether oxygens (including phenoxy) is 2. The summed E-state index contributed by atoms with van der Waals surface area (Å²) in [6.45, 7) is 0.771. The molecule has 2 aromatic carbocycles. The van der Waals surface area contributed by atoms with Crippen LogP contribution >= 0.6 is 0 Å². The number of nitrogens with zero attached hydrogens (tertiary/aromatic N) is 1. The van der Waals surface area contributed by atoms with Gasteiger partial charge in [-0.15, -0.1) is 0 Å². The highest BCUT2D eigenvalue weighted by Crippen LogP contribution is 2.39. The van der Waals surface area contributed by atoms with Crippen LogP contribution in [0.2, 0.25) is 0 Å². The van der Waals surface area contributed by atoms with Crippen molar-refractivity contribution in [1.29, 1.82) is 0 Å². The highest BCUT2D eigenvalue weighted by atomic mass is 16.5. The second kappa shape index (κ2) is 8.20. The van der Waals surface area contributed by atoms with E-state index in [1.54, 1.807) is 14.2 Å². The normalized spacial score (nSPS) is 24.4. The molecule has 2 heterocycles. The number of nitrogens with one attached hydrogen (secondary N) is 2. The zero-order chi connectivity index (χ0) is 19.5. The second-order valence-electron chi connectivity index (χ2n) is 7.34. The van der Waals surface area contributed by atoms with E-state index < -0.39 is 0 Å². The number of likely N-dealkylation sites (tertiary alicyclic amines) is 1. The first-order chi connectivity index (χ1) is 13.7. The van der Waals surface area contributed by atoms with Crippen LogP contribution in [0.4, 0.5) is 0 Å². The number of rotatable bonds is 5. The molecule has 2 N–H and O–H groups in total. The molecule has 148 valence electrons. The molecule has 6 heteroatoms. The Morgan fingerprint density at radius 1 is 1.07 bits per heavy atom. The van der Waals surface area contributed by atoms with Crippen LogP contribution < -0.4 is 20.3 Å². The van der Waals surface area contributed by atoms with Crippen molar-refractivity contribution in [2.45, 2.75) is 37.4 Å². The van der Waals surface area contributed by atoms with E-state index in [1.165, 1.54) is 5.56 Å². The molecule has 2 fully saturated rings. The molecule has 3 unspecified atom stereocenters. The van der Waals surface area contributed by atoms with E-state index in [-0.39, 0.29) is 24.0 Å². The van der Waals surface area contributed by atoms with Crippen molar-refractivity contribution < 1.29 is 14.3 Å². The number of hydrazine groups is 1. The first-order valence-corrected chi connectivity index (χ1v) is 9.79. The topological polar surface area (TPSA) is 62.8 Å². The third-order valence-corrected chi connectivity index (χ3v) is 5.74. The molecule has 0 aromatic heterocycles. The van der Waals surface area contributed by atoms with Crippen molar-refractivity contribution in [3.05, 3.63) is 59.7 Å². The Bertz CT molecular complexity index is 827. The number of methoxy groups -OCH3 is 2. The van der Waals surface area contributed by atoms with Gasteiger partial charge >= 0.3 is 0 Å². The molecule has 2 aromatic rings. The zero-order valence-corrected chi connectivity index (χ0v) is 16.4. The molecule has 0 radical (unpaired) electrons. The summed E-state index contributed by atoms with van der Waals surface area (Å²) in [5, 5.41) is 0. The lowest BCUT2D eigenvalue weighted by Gasteiger charge is -2.28. The number of benzene rings is 2. The molecular formula is C22H27N3O3. The van der Waals surface area contributed by atoms with Crippen LogP contribution in [0, 0.1) is 0 Å². The number of carbonyl (C=O) groups is 1. The number of hydrogen-bond acceptors (Lipinski definition) is 5. The van der Waals surface area contributed by atoms with Crippen LogP contribution in [-0.2, 0) is 4.79 Å². The second-order valence-corrected chi connectivity index (χ2v) is 7.34. The summed E-state index contributed by atoms with van der Waals surface area (Å²) in [6, 6.07) is 16.0. The lowest BCUT2D eigenvalue weighted by atomic mass is 10.00. The maximum atomic E-state index is 13.3. The van der Waals surface area contributed by atoms with Gasteiger partial charge in [-0.3, -0.25) is 4.79 Å². The minimum Gasteiger partial charge on any atom is -0.497 e. The van der Waals surface area contributed by atoms with E-state index in [4.69, 9.17) is 9.47 Å². The fourth-order valence-electron chi connectivity index (χ4n) is 4.27. The summed E-state index contributed by atoms with van der Waals surface area (Å²) in [6.07, 6.45) is 2.68. The van der Waals surface area contributed by atoms with Gasteiger partial charge in [-0.1, -0.05) is 30.3 Å². The first-order valence-electron chi connectivity index (χ1n) is 9.79. The Morgan fingerprint density at radius 2 is 1.89 bits per heavy atom. The van der Waals surface area contributed by atoms with Crippen LogP contribution in [0.1, 0.15) is 42.5 Å². The van der Waals surface area contributed by atoms with Crippen LogP contribution in [0.15, 0.2) is 48.5 Å². The number of amides is 1. The van der Waals surface area contributed by atoms with Crippen molar-refractivity contribution in [1.82, 2.24) is 15.8 Å². The average molecular weight is 381 g/mol. The fourth-order valence-corrected chi connectivity index (χ4v) is 4.27. The number of hydrogen-bond donors (Lipinski definition) is 2. The molecule has 4 rings (SSSR count). The van der Waals surface area contributed by atoms with Crippen molar-refractivity contribution in [2.24, 2.45) is 0 Å². The standard InChI is InChI=1S/C22H27N3O3/c1-27-16-10-11-17(21(13-16)28-2)20-9-6-12-25(20)22(26)19-14-18(23-24-19)15-7-4-3-5-8-15/h3-5,7-8,10-11,13,18-20,23-24H,6,9,12,14H2,1-2H3. The van der Waals surface area contributed by atoms with Gasteiger partial charge in [-0.2, -0.15) is 0 Å². The van der Waals surface area contributed by atoms with Gasteiger partial charge in [0.25, 0.3) is 0 Å². The highest BCUT2D eigenvalue weighted by Gasteiger charge is 2.38. The van der Waals surface area contributed by atoms with Gasteiger partial charge in [0, 0.05) is 24.2 Å². The Labute approximate surface area is 165 Å². The molecule has 0 aliphatic carbocycles. The molecule has 3 atom stereocenters. The maximum Gasteiger partial charge on any atom is 0.241 e. The fraction of sp³-hybridized carbons (Fsp3) is 0.409. The van der Waals surface area contributed by atoms with Crippen LogP contribution in [0.5, 0.6) is 11.5 Å². The van der Waals surface area contributed by atoms with Crippen molar-refractivity contribution in [3.8, 4) is 11.5 Å². The molecular weight excluding hydrogens is 354 g/mol. The largest absolute Gasteiger partial charge is 0.497 e.